The Hall–Kier alpha value is -3.69. The Labute approximate surface area is 163 Å². The highest BCUT2D eigenvalue weighted by molar-refractivity contribution is 5.89. The zero-order valence-corrected chi connectivity index (χ0v) is 15.0. The van der Waals surface area contributed by atoms with Crippen LogP contribution in [0, 0.1) is 0 Å². The molecule has 2 amide bonds. The van der Waals surface area contributed by atoms with E-state index in [0.717, 1.165) is 29.8 Å². The van der Waals surface area contributed by atoms with Gasteiger partial charge in [0, 0.05) is 36.3 Å². The van der Waals surface area contributed by atoms with Crippen LogP contribution in [0.25, 0.3) is 11.3 Å². The summed E-state index contributed by atoms with van der Waals surface area (Å²) in [5.41, 5.74) is 0.385. The standard InChI is InChI=1S/C19H16F3N5O2/c20-19(21,22)14-3-5-15(6-4-14)25-18(29)24-10-11-27-17(28)8-7-16(26-27)13-2-1-9-23-12-13/h1-9,12H,10-11H2,(H2,24,25,29). The fraction of sp³-hybridized carbons (Fsp3) is 0.158. The van der Waals surface area contributed by atoms with Crippen molar-refractivity contribution in [2.24, 2.45) is 0 Å². The summed E-state index contributed by atoms with van der Waals surface area (Å²) in [6.45, 7) is 0.212. The van der Waals surface area contributed by atoms with Crippen molar-refractivity contribution < 1.29 is 18.0 Å². The molecule has 0 aliphatic heterocycles. The van der Waals surface area contributed by atoms with Crippen LogP contribution in [-0.2, 0) is 12.7 Å². The maximum absolute atomic E-state index is 12.5. The smallest absolute Gasteiger partial charge is 0.336 e. The number of alkyl halides is 3. The molecule has 2 aromatic heterocycles. The van der Waals surface area contributed by atoms with E-state index in [1.165, 1.54) is 10.7 Å². The number of pyridine rings is 1. The Bertz CT molecular complexity index is 1030. The average Bonchev–Trinajstić information content (AvgIpc) is 2.70. The third kappa shape index (κ3) is 5.41. The molecular weight excluding hydrogens is 387 g/mol. The summed E-state index contributed by atoms with van der Waals surface area (Å²) >= 11 is 0. The molecule has 0 unspecified atom stereocenters. The normalized spacial score (nSPS) is 11.1. The average molecular weight is 403 g/mol. The molecule has 10 heteroatoms. The van der Waals surface area contributed by atoms with Crippen molar-refractivity contribution in [2.45, 2.75) is 12.7 Å². The molecule has 0 spiro atoms. The van der Waals surface area contributed by atoms with E-state index in [-0.39, 0.29) is 24.3 Å². The molecule has 0 aliphatic carbocycles. The number of benzene rings is 1. The van der Waals surface area contributed by atoms with Gasteiger partial charge >= 0.3 is 12.2 Å². The minimum absolute atomic E-state index is 0.0931. The molecule has 150 valence electrons. The van der Waals surface area contributed by atoms with Crippen molar-refractivity contribution in [3.63, 3.8) is 0 Å². The van der Waals surface area contributed by atoms with Gasteiger partial charge in [-0.3, -0.25) is 9.78 Å². The van der Waals surface area contributed by atoms with E-state index in [0.29, 0.717) is 5.69 Å². The molecule has 0 atom stereocenters. The monoisotopic (exact) mass is 403 g/mol. The molecule has 0 radical (unpaired) electrons. The SMILES string of the molecule is O=C(NCCn1nc(-c2cccnc2)ccc1=O)Nc1ccc(C(F)(F)F)cc1. The Kier molecular flexibility index (Phi) is 5.91. The first-order valence-corrected chi connectivity index (χ1v) is 8.53. The van der Waals surface area contributed by atoms with Crippen LogP contribution in [0.3, 0.4) is 0 Å². The lowest BCUT2D eigenvalue weighted by atomic mass is 10.2. The predicted molar refractivity (Wildman–Crippen MR) is 100 cm³/mol. The number of anilines is 1. The number of aromatic nitrogens is 3. The number of amides is 2. The molecule has 29 heavy (non-hydrogen) atoms. The van der Waals surface area contributed by atoms with E-state index in [1.54, 1.807) is 30.6 Å². The molecule has 0 saturated carbocycles. The molecule has 3 aromatic rings. The Balaban J connectivity index is 1.56. The first-order valence-electron chi connectivity index (χ1n) is 8.53. The highest BCUT2D eigenvalue weighted by atomic mass is 19.4. The molecule has 2 N–H and O–H groups in total. The fourth-order valence-electron chi connectivity index (χ4n) is 2.47. The second kappa shape index (κ2) is 8.55. The van der Waals surface area contributed by atoms with Gasteiger partial charge in [-0.15, -0.1) is 0 Å². The van der Waals surface area contributed by atoms with Gasteiger partial charge in [-0.1, -0.05) is 0 Å². The number of carbonyl (C=O) groups excluding carboxylic acids is 1. The first kappa shape index (κ1) is 20.1. The van der Waals surface area contributed by atoms with E-state index >= 15 is 0 Å². The number of nitrogens with one attached hydrogen (secondary N) is 2. The Morgan fingerprint density at radius 3 is 2.48 bits per heavy atom. The lowest BCUT2D eigenvalue weighted by Gasteiger charge is -2.10. The summed E-state index contributed by atoms with van der Waals surface area (Å²) in [6, 6.07) is 9.97. The molecule has 1 aromatic carbocycles. The van der Waals surface area contributed by atoms with Crippen LogP contribution in [0.5, 0.6) is 0 Å². The molecule has 0 saturated heterocycles. The molecule has 0 fully saturated rings. The van der Waals surface area contributed by atoms with E-state index in [1.807, 2.05) is 0 Å². The molecule has 3 rings (SSSR count). The number of halogens is 3. The summed E-state index contributed by atoms with van der Waals surface area (Å²) in [5, 5.41) is 9.19. The first-order chi connectivity index (χ1) is 13.8. The van der Waals surface area contributed by atoms with Crippen LogP contribution in [0.4, 0.5) is 23.7 Å². The van der Waals surface area contributed by atoms with Crippen molar-refractivity contribution in [1.29, 1.82) is 0 Å². The van der Waals surface area contributed by atoms with Crippen molar-refractivity contribution in [1.82, 2.24) is 20.1 Å². The van der Waals surface area contributed by atoms with Crippen LogP contribution < -0.4 is 16.2 Å². The molecule has 2 heterocycles. The lowest BCUT2D eigenvalue weighted by Crippen LogP contribution is -2.34. The number of hydrogen-bond donors (Lipinski definition) is 2. The second-order valence-corrected chi connectivity index (χ2v) is 5.98. The molecule has 0 bridgehead atoms. The number of nitrogens with zero attached hydrogens (tertiary/aromatic N) is 3. The largest absolute Gasteiger partial charge is 0.416 e. The van der Waals surface area contributed by atoms with E-state index in [9.17, 15) is 22.8 Å². The Morgan fingerprint density at radius 1 is 1.07 bits per heavy atom. The predicted octanol–water partition coefficient (Wildman–Crippen LogP) is 3.15. The molecule has 7 nitrogen and oxygen atoms in total. The molecular formula is C19H16F3N5O2. The van der Waals surface area contributed by atoms with Gasteiger partial charge < -0.3 is 10.6 Å². The summed E-state index contributed by atoms with van der Waals surface area (Å²) in [6.07, 6.45) is -1.20. The van der Waals surface area contributed by atoms with Crippen molar-refractivity contribution >= 4 is 11.7 Å². The zero-order chi connectivity index (χ0) is 20.9. The van der Waals surface area contributed by atoms with Crippen molar-refractivity contribution in [2.75, 3.05) is 11.9 Å². The minimum atomic E-state index is -4.44. The Morgan fingerprint density at radius 2 is 1.83 bits per heavy atom. The van der Waals surface area contributed by atoms with Crippen LogP contribution in [0.1, 0.15) is 5.56 Å². The van der Waals surface area contributed by atoms with Crippen LogP contribution in [0.15, 0.2) is 65.7 Å². The van der Waals surface area contributed by atoms with E-state index < -0.39 is 17.8 Å². The van der Waals surface area contributed by atoms with Crippen LogP contribution in [0.2, 0.25) is 0 Å². The fourth-order valence-corrected chi connectivity index (χ4v) is 2.47. The third-order valence-corrected chi connectivity index (χ3v) is 3.90. The summed E-state index contributed by atoms with van der Waals surface area (Å²) < 4.78 is 38.8. The van der Waals surface area contributed by atoms with Gasteiger partial charge in [0.05, 0.1) is 17.8 Å². The number of hydrogen-bond acceptors (Lipinski definition) is 4. The third-order valence-electron chi connectivity index (χ3n) is 3.90. The van der Waals surface area contributed by atoms with Crippen LogP contribution in [-0.4, -0.2) is 27.3 Å². The number of urea groups is 1. The van der Waals surface area contributed by atoms with Gasteiger partial charge in [0.25, 0.3) is 5.56 Å². The highest BCUT2D eigenvalue weighted by Crippen LogP contribution is 2.29. The summed E-state index contributed by atoms with van der Waals surface area (Å²) in [5.74, 6) is 0. The topological polar surface area (TPSA) is 88.9 Å². The van der Waals surface area contributed by atoms with Gasteiger partial charge in [-0.05, 0) is 42.5 Å². The minimum Gasteiger partial charge on any atom is -0.336 e. The maximum atomic E-state index is 12.5. The second-order valence-electron chi connectivity index (χ2n) is 5.98. The summed E-state index contributed by atoms with van der Waals surface area (Å²) in [4.78, 5) is 27.8. The van der Waals surface area contributed by atoms with Gasteiger partial charge in [-0.2, -0.15) is 18.3 Å². The quantitative estimate of drug-likeness (QED) is 0.685. The van der Waals surface area contributed by atoms with Crippen LogP contribution >= 0.6 is 0 Å². The van der Waals surface area contributed by atoms with E-state index in [4.69, 9.17) is 0 Å². The zero-order valence-electron chi connectivity index (χ0n) is 15.0. The maximum Gasteiger partial charge on any atom is 0.416 e. The number of rotatable bonds is 5. The lowest BCUT2D eigenvalue weighted by molar-refractivity contribution is -0.137. The number of carbonyl (C=O) groups is 1. The van der Waals surface area contributed by atoms with Gasteiger partial charge in [0.15, 0.2) is 0 Å². The van der Waals surface area contributed by atoms with Crippen molar-refractivity contribution in [3.8, 4) is 11.3 Å². The van der Waals surface area contributed by atoms with E-state index in [2.05, 4.69) is 20.7 Å². The van der Waals surface area contributed by atoms with Crippen molar-refractivity contribution in [3.05, 3.63) is 76.8 Å². The molecule has 0 aliphatic rings. The summed E-state index contributed by atoms with van der Waals surface area (Å²) in [7, 11) is 0. The van der Waals surface area contributed by atoms with Gasteiger partial charge in [-0.25, -0.2) is 9.48 Å². The van der Waals surface area contributed by atoms with Gasteiger partial charge in [0.1, 0.15) is 0 Å². The van der Waals surface area contributed by atoms with Gasteiger partial charge in [0.2, 0.25) is 0 Å². The highest BCUT2D eigenvalue weighted by Gasteiger charge is 2.29.